The molecule has 2 aromatic rings. The van der Waals surface area contributed by atoms with Crippen LogP contribution in [0.15, 0.2) is 18.3 Å². The summed E-state index contributed by atoms with van der Waals surface area (Å²) in [6, 6.07) is 4.02. The van der Waals surface area contributed by atoms with Crippen molar-refractivity contribution in [3.63, 3.8) is 0 Å². The molecule has 1 aliphatic rings. The van der Waals surface area contributed by atoms with Crippen molar-refractivity contribution in [3.05, 3.63) is 24.2 Å². The maximum absolute atomic E-state index is 5.17. The van der Waals surface area contributed by atoms with Crippen molar-refractivity contribution in [2.45, 2.75) is 37.5 Å². The lowest BCUT2D eigenvalue weighted by atomic mass is 10.2. The van der Waals surface area contributed by atoms with Gasteiger partial charge >= 0.3 is 0 Å². The molecule has 0 spiro atoms. The predicted molar refractivity (Wildman–Crippen MR) is 83.2 cm³/mol. The Balaban J connectivity index is 1.85. The highest BCUT2D eigenvalue weighted by Gasteiger charge is 2.20. The number of hydrogen-bond acceptors (Lipinski definition) is 4. The van der Waals surface area contributed by atoms with Crippen molar-refractivity contribution in [1.29, 1.82) is 0 Å². The molecule has 1 aliphatic heterocycles. The zero-order chi connectivity index (χ0) is 13.8. The molecule has 0 aromatic carbocycles. The second kappa shape index (κ2) is 6.59. The number of aryl methyl sites for hydroxylation is 1. The lowest BCUT2D eigenvalue weighted by molar-refractivity contribution is 0.190. The Morgan fingerprint density at radius 2 is 2.45 bits per heavy atom. The van der Waals surface area contributed by atoms with Crippen LogP contribution in [0.5, 0.6) is 0 Å². The fourth-order valence-corrected chi connectivity index (χ4v) is 4.04. The molecule has 0 radical (unpaired) electrons. The Morgan fingerprint density at radius 3 is 3.25 bits per heavy atom. The predicted octanol–water partition coefficient (Wildman–Crippen LogP) is 2.91. The highest BCUT2D eigenvalue weighted by atomic mass is 32.2. The van der Waals surface area contributed by atoms with Gasteiger partial charge in [0.15, 0.2) is 5.65 Å². The number of imidazole rings is 1. The van der Waals surface area contributed by atoms with Crippen LogP contribution in [0.4, 0.5) is 0 Å². The second-order valence-electron chi connectivity index (χ2n) is 5.21. The lowest BCUT2D eigenvalue weighted by Crippen LogP contribution is -2.11. The minimum atomic E-state index is 0.730. The molecule has 108 valence electrons. The van der Waals surface area contributed by atoms with Gasteiger partial charge in [0.05, 0.1) is 0 Å². The second-order valence-corrected chi connectivity index (χ2v) is 6.62. The number of aromatic nitrogens is 3. The summed E-state index contributed by atoms with van der Waals surface area (Å²) in [6.45, 7) is 1.72. The number of thioether (sulfide) groups is 1. The molecule has 3 heterocycles. The number of methoxy groups -OCH3 is 1. The van der Waals surface area contributed by atoms with Gasteiger partial charge in [-0.1, -0.05) is 0 Å². The molecule has 2 aromatic heterocycles. The van der Waals surface area contributed by atoms with Gasteiger partial charge in [0.25, 0.3) is 0 Å². The van der Waals surface area contributed by atoms with Gasteiger partial charge in [0.1, 0.15) is 11.3 Å². The topological polar surface area (TPSA) is 39.9 Å². The van der Waals surface area contributed by atoms with Crippen LogP contribution < -0.4 is 0 Å². The van der Waals surface area contributed by atoms with E-state index in [0.29, 0.717) is 0 Å². The lowest BCUT2D eigenvalue weighted by Gasteiger charge is -2.11. The molecule has 5 heteroatoms. The third-order valence-electron chi connectivity index (χ3n) is 3.75. The van der Waals surface area contributed by atoms with Crippen LogP contribution in [0.1, 0.15) is 25.1 Å². The van der Waals surface area contributed by atoms with E-state index in [-0.39, 0.29) is 0 Å². The standard InChI is InChI=1S/C15H21N3OS/c1-19-9-4-8-18-14(11-12-5-3-10-20-12)17-13-6-2-7-16-15(13)18/h2,6-7,12H,3-5,8-11H2,1H3. The molecule has 1 unspecified atom stereocenters. The van der Waals surface area contributed by atoms with E-state index in [1.807, 2.05) is 12.3 Å². The van der Waals surface area contributed by atoms with Gasteiger partial charge in [-0.15, -0.1) is 0 Å². The van der Waals surface area contributed by atoms with Crippen molar-refractivity contribution in [3.8, 4) is 0 Å². The Kier molecular flexibility index (Phi) is 4.58. The van der Waals surface area contributed by atoms with Crippen molar-refractivity contribution in [1.82, 2.24) is 14.5 Å². The molecular weight excluding hydrogens is 270 g/mol. The van der Waals surface area contributed by atoms with Gasteiger partial charge < -0.3 is 9.30 Å². The molecule has 0 bridgehead atoms. The van der Waals surface area contributed by atoms with Crippen LogP contribution in [0.25, 0.3) is 11.2 Å². The largest absolute Gasteiger partial charge is 0.385 e. The SMILES string of the molecule is COCCCn1c(CC2CCCS2)nc2cccnc21. The molecule has 1 fully saturated rings. The van der Waals surface area contributed by atoms with Gasteiger partial charge in [-0.2, -0.15) is 11.8 Å². The summed E-state index contributed by atoms with van der Waals surface area (Å²) in [5, 5.41) is 0.730. The molecule has 4 nitrogen and oxygen atoms in total. The first-order valence-corrected chi connectivity index (χ1v) is 8.34. The van der Waals surface area contributed by atoms with Crippen LogP contribution in [-0.4, -0.2) is 39.3 Å². The summed E-state index contributed by atoms with van der Waals surface area (Å²) >= 11 is 2.09. The Labute approximate surface area is 123 Å². The minimum Gasteiger partial charge on any atom is -0.385 e. The van der Waals surface area contributed by atoms with E-state index in [4.69, 9.17) is 9.72 Å². The molecular formula is C15H21N3OS. The third kappa shape index (κ3) is 2.99. The monoisotopic (exact) mass is 291 g/mol. The molecule has 1 atom stereocenters. The van der Waals surface area contributed by atoms with Crippen molar-refractivity contribution < 1.29 is 4.74 Å². The third-order valence-corrected chi connectivity index (χ3v) is 5.15. The quantitative estimate of drug-likeness (QED) is 0.767. The first-order valence-electron chi connectivity index (χ1n) is 7.29. The normalized spacial score (nSPS) is 18.9. The molecule has 0 amide bonds. The van der Waals surface area contributed by atoms with Crippen LogP contribution >= 0.6 is 11.8 Å². The minimum absolute atomic E-state index is 0.730. The fraction of sp³-hybridized carbons (Fsp3) is 0.600. The van der Waals surface area contributed by atoms with Gasteiger partial charge in [0, 0.05) is 38.1 Å². The van der Waals surface area contributed by atoms with Gasteiger partial charge in [-0.25, -0.2) is 9.97 Å². The molecule has 20 heavy (non-hydrogen) atoms. The zero-order valence-electron chi connectivity index (χ0n) is 11.9. The van der Waals surface area contributed by atoms with E-state index in [9.17, 15) is 0 Å². The smallest absolute Gasteiger partial charge is 0.159 e. The van der Waals surface area contributed by atoms with E-state index in [1.54, 1.807) is 7.11 Å². The Bertz CT molecular complexity index is 563. The van der Waals surface area contributed by atoms with Gasteiger partial charge in [-0.05, 0) is 37.1 Å². The number of nitrogens with zero attached hydrogens (tertiary/aromatic N) is 3. The summed E-state index contributed by atoms with van der Waals surface area (Å²) in [5.74, 6) is 2.49. The van der Waals surface area contributed by atoms with E-state index in [0.717, 1.165) is 42.4 Å². The van der Waals surface area contributed by atoms with Crippen molar-refractivity contribution in [2.24, 2.45) is 0 Å². The average molecular weight is 291 g/mol. The average Bonchev–Trinajstić information content (AvgIpc) is 3.08. The highest BCUT2D eigenvalue weighted by molar-refractivity contribution is 8.00. The van der Waals surface area contributed by atoms with Crippen molar-refractivity contribution in [2.75, 3.05) is 19.5 Å². The number of hydrogen-bond donors (Lipinski definition) is 0. The van der Waals surface area contributed by atoms with Crippen molar-refractivity contribution >= 4 is 22.9 Å². The van der Waals surface area contributed by atoms with Crippen LogP contribution in [0, 0.1) is 0 Å². The summed E-state index contributed by atoms with van der Waals surface area (Å²) < 4.78 is 7.45. The molecule has 1 saturated heterocycles. The number of rotatable bonds is 6. The number of pyridine rings is 1. The highest BCUT2D eigenvalue weighted by Crippen LogP contribution is 2.29. The van der Waals surface area contributed by atoms with E-state index in [2.05, 4.69) is 27.4 Å². The zero-order valence-corrected chi connectivity index (χ0v) is 12.7. The van der Waals surface area contributed by atoms with Crippen LogP contribution in [0.3, 0.4) is 0 Å². The maximum Gasteiger partial charge on any atom is 0.159 e. The first-order chi connectivity index (χ1) is 9.88. The fourth-order valence-electron chi connectivity index (χ4n) is 2.77. The van der Waals surface area contributed by atoms with Gasteiger partial charge in [-0.3, -0.25) is 0 Å². The summed E-state index contributed by atoms with van der Waals surface area (Å²) in [4.78, 5) is 9.31. The Hall–Kier alpha value is -1.07. The number of fused-ring (bicyclic) bond motifs is 1. The van der Waals surface area contributed by atoms with Crippen LogP contribution in [0.2, 0.25) is 0 Å². The van der Waals surface area contributed by atoms with Gasteiger partial charge in [0.2, 0.25) is 0 Å². The summed E-state index contributed by atoms with van der Waals surface area (Å²) in [6.07, 6.45) is 6.58. The maximum atomic E-state index is 5.17. The summed E-state index contributed by atoms with van der Waals surface area (Å²) in [5.41, 5.74) is 2.03. The molecule has 0 N–H and O–H groups in total. The van der Waals surface area contributed by atoms with Crippen LogP contribution in [-0.2, 0) is 17.7 Å². The number of ether oxygens (including phenoxy) is 1. The van der Waals surface area contributed by atoms with E-state index < -0.39 is 0 Å². The molecule has 3 rings (SSSR count). The van der Waals surface area contributed by atoms with E-state index in [1.165, 1.54) is 24.4 Å². The molecule has 0 aliphatic carbocycles. The Morgan fingerprint density at radius 1 is 1.50 bits per heavy atom. The first kappa shape index (κ1) is 13.9. The molecule has 0 saturated carbocycles. The van der Waals surface area contributed by atoms with E-state index >= 15 is 0 Å². The summed E-state index contributed by atoms with van der Waals surface area (Å²) in [7, 11) is 1.75.